The van der Waals surface area contributed by atoms with Crippen LogP contribution in [0.4, 0.5) is 16.2 Å². The third-order valence-corrected chi connectivity index (χ3v) is 10.3. The Balaban J connectivity index is 0.957. The van der Waals surface area contributed by atoms with E-state index in [0.29, 0.717) is 187 Å². The number of rotatable bonds is 44. The molecule has 1 aromatic heterocycles. The Hall–Kier alpha value is -5.07. The van der Waals surface area contributed by atoms with Crippen molar-refractivity contribution in [2.24, 2.45) is 16.6 Å². The summed E-state index contributed by atoms with van der Waals surface area (Å²) < 4.78 is 60.5. The van der Waals surface area contributed by atoms with E-state index in [1.54, 1.807) is 55.1 Å². The maximum atomic E-state index is 13.3. The van der Waals surface area contributed by atoms with E-state index in [9.17, 15) is 14.4 Å². The third-order valence-electron chi connectivity index (χ3n) is 9.71. The first-order valence-electron chi connectivity index (χ1n) is 24.6. The Morgan fingerprint density at radius 1 is 0.662 bits per heavy atom. The Labute approximate surface area is 438 Å². The number of hydroxylamine groups is 2. The zero-order chi connectivity index (χ0) is 53.1. The maximum Gasteiger partial charge on any atom is 0.314 e. The normalized spacial score (nSPS) is 12.0. The summed E-state index contributed by atoms with van der Waals surface area (Å²) in [7, 11) is 0. The Morgan fingerprint density at radius 3 is 1.59 bits per heavy atom. The van der Waals surface area contributed by atoms with Crippen molar-refractivity contribution in [3.63, 3.8) is 0 Å². The van der Waals surface area contributed by atoms with Gasteiger partial charge in [0.25, 0.3) is 11.8 Å². The molecule has 26 heteroatoms. The second-order valence-electron chi connectivity index (χ2n) is 15.4. The molecule has 2 heterocycles. The number of pyridine rings is 1. The fourth-order valence-electron chi connectivity index (χ4n) is 6.05. The van der Waals surface area contributed by atoms with Crippen molar-refractivity contribution < 1.29 is 71.3 Å². The van der Waals surface area contributed by atoms with Crippen LogP contribution in [0.25, 0.3) is 6.08 Å². The number of ether oxygens (including phenoxy) is 11. The van der Waals surface area contributed by atoms with Gasteiger partial charge in [-0.3, -0.25) is 29.8 Å². The monoisotopic (exact) mass is 1070 g/mol. The fourth-order valence-corrected chi connectivity index (χ4v) is 6.35. The predicted octanol–water partition coefficient (Wildman–Crippen LogP) is 1.67. The minimum Gasteiger partial charge on any atom is -0.484 e. The maximum absolute atomic E-state index is 13.3. The minimum absolute atomic E-state index is 0.0984. The number of nitrogens with two attached hydrogens (primary N) is 2. The van der Waals surface area contributed by atoms with Crippen LogP contribution in [0.2, 0.25) is 0 Å². The molecule has 416 valence electrons. The van der Waals surface area contributed by atoms with Crippen LogP contribution in [-0.2, 0) is 61.8 Å². The lowest BCUT2D eigenvalue weighted by Crippen LogP contribution is -2.41. The van der Waals surface area contributed by atoms with E-state index >= 15 is 0 Å². The number of amidine groups is 2. The molecule has 0 atom stereocenters. The number of hydrazine groups is 1. The summed E-state index contributed by atoms with van der Waals surface area (Å²) in [5.74, 6) is 6.11. The minimum atomic E-state index is -0.376. The Bertz CT molecular complexity index is 1910. The highest BCUT2D eigenvalue weighted by molar-refractivity contribution is 8.13. The molecular formula is C48H78N10O15S. The molecule has 0 unspecified atom stereocenters. The van der Waals surface area contributed by atoms with Gasteiger partial charge in [0.15, 0.2) is 11.8 Å². The van der Waals surface area contributed by atoms with E-state index in [-0.39, 0.29) is 49.2 Å². The molecular weight excluding hydrogens is 989 g/mol. The number of benzene rings is 1. The molecule has 0 saturated carbocycles. The van der Waals surface area contributed by atoms with Gasteiger partial charge in [0.1, 0.15) is 11.6 Å². The molecule has 8 N–H and O–H groups in total. The number of amides is 4. The third kappa shape index (κ3) is 30.3. The number of nitrogens with one attached hydrogen (secondary N) is 4. The van der Waals surface area contributed by atoms with Gasteiger partial charge in [-0.25, -0.2) is 20.7 Å². The van der Waals surface area contributed by atoms with Gasteiger partial charge >= 0.3 is 6.03 Å². The number of nitrogens with zero attached hydrogens (tertiary/aromatic N) is 4. The summed E-state index contributed by atoms with van der Waals surface area (Å²) >= 11 is 1.23. The summed E-state index contributed by atoms with van der Waals surface area (Å²) in [6, 6.07) is 8.20. The van der Waals surface area contributed by atoms with Crippen LogP contribution in [0.15, 0.2) is 53.3 Å². The molecule has 0 saturated heterocycles. The summed E-state index contributed by atoms with van der Waals surface area (Å²) in [6.07, 6.45) is 7.61. The lowest BCUT2D eigenvalue weighted by molar-refractivity contribution is -0.181. The average molecular weight is 1070 g/mol. The van der Waals surface area contributed by atoms with Crippen LogP contribution in [0.3, 0.4) is 0 Å². The van der Waals surface area contributed by atoms with Gasteiger partial charge in [-0.15, -0.1) is 0 Å². The molecule has 74 heavy (non-hydrogen) atoms. The zero-order valence-electron chi connectivity index (χ0n) is 42.9. The molecule has 4 amide bonds. The van der Waals surface area contributed by atoms with Crippen LogP contribution in [0.5, 0.6) is 5.75 Å². The number of urea groups is 1. The van der Waals surface area contributed by atoms with Gasteiger partial charge in [0.2, 0.25) is 0 Å². The van der Waals surface area contributed by atoms with Crippen molar-refractivity contribution in [3.8, 4) is 5.75 Å². The number of thioether (sulfide) groups is 1. The number of aromatic nitrogens is 1. The molecule has 0 spiro atoms. The molecule has 0 aliphatic carbocycles. The molecule has 2 aromatic rings. The summed E-state index contributed by atoms with van der Waals surface area (Å²) in [5, 5.41) is 18.7. The molecule has 0 bridgehead atoms. The second-order valence-corrected chi connectivity index (χ2v) is 16.2. The number of hydrogen-bond donors (Lipinski definition) is 6. The Kier molecular flexibility index (Phi) is 36.0. The van der Waals surface area contributed by atoms with Crippen molar-refractivity contribution in [1.82, 2.24) is 26.0 Å². The second kappa shape index (κ2) is 42.2. The van der Waals surface area contributed by atoms with E-state index in [1.807, 2.05) is 6.92 Å². The molecule has 1 aliphatic heterocycles. The van der Waals surface area contributed by atoms with Crippen LogP contribution < -0.4 is 37.3 Å². The van der Waals surface area contributed by atoms with Gasteiger partial charge in [-0.1, -0.05) is 18.7 Å². The number of hydrogen-bond acceptors (Lipinski definition) is 21. The van der Waals surface area contributed by atoms with Gasteiger partial charge < -0.3 is 73.8 Å². The van der Waals surface area contributed by atoms with Gasteiger partial charge in [0, 0.05) is 49.9 Å². The Morgan fingerprint density at radius 2 is 1.12 bits per heavy atom. The zero-order valence-corrected chi connectivity index (χ0v) is 43.7. The fraction of sp³-hybridized carbons (Fsp3) is 0.625. The summed E-state index contributed by atoms with van der Waals surface area (Å²) in [4.78, 5) is 51.6. The van der Waals surface area contributed by atoms with Crippen molar-refractivity contribution >= 4 is 58.1 Å². The number of carbonyl (C=O) groups is 3. The first-order chi connectivity index (χ1) is 36.2. The molecule has 1 aromatic carbocycles. The van der Waals surface area contributed by atoms with Crippen molar-refractivity contribution in [2.75, 3.05) is 183 Å². The summed E-state index contributed by atoms with van der Waals surface area (Å²) in [6.45, 7) is 11.6. The highest BCUT2D eigenvalue weighted by Crippen LogP contribution is 2.26. The first kappa shape index (κ1) is 63.2. The topological polar surface area (TPSA) is 306 Å². The number of aliphatic imine (C=N–C) groups is 1. The van der Waals surface area contributed by atoms with Gasteiger partial charge in [0.05, 0.1) is 156 Å². The molecule has 0 fully saturated rings. The number of carbonyl (C=O) groups excluding carboxylic acids is 3. The highest BCUT2D eigenvalue weighted by atomic mass is 32.2. The van der Waals surface area contributed by atoms with Gasteiger partial charge in [-0.05, 0) is 49.1 Å². The van der Waals surface area contributed by atoms with Crippen LogP contribution in [-0.4, -0.2) is 217 Å². The van der Waals surface area contributed by atoms with Crippen molar-refractivity contribution in [1.29, 1.82) is 5.41 Å². The van der Waals surface area contributed by atoms with E-state index in [0.717, 1.165) is 5.56 Å². The van der Waals surface area contributed by atoms with Crippen molar-refractivity contribution in [3.05, 3.63) is 53.9 Å². The SMILES string of the molecule is CCCN(OCCNC(=O)NCCOCCOCCOCCOCCOCCOCCOCCOCCOCCOCCNC(=O)COc1ccc(N(N)C(=N)SC)cc1)C(=O)C1=Cc2ccncc2N=C(N)C1. The van der Waals surface area contributed by atoms with Crippen LogP contribution in [0.1, 0.15) is 25.3 Å². The van der Waals surface area contributed by atoms with Crippen LogP contribution >= 0.6 is 11.8 Å². The smallest absolute Gasteiger partial charge is 0.314 e. The first-order valence-corrected chi connectivity index (χ1v) is 25.8. The number of fused-ring (bicyclic) bond motifs is 1. The van der Waals surface area contributed by atoms with Crippen LogP contribution in [0, 0.1) is 5.41 Å². The lowest BCUT2D eigenvalue weighted by atomic mass is 10.1. The summed E-state index contributed by atoms with van der Waals surface area (Å²) in [5.41, 5.74) is 8.49. The standard InChI is InChI=1S/C48H78N10O15S/c1-3-13-57(46(60)40-35-39-8-9-52-37-43(39)56-44(49)36-40)73-16-12-55-48(61)54-11-15-63-18-20-65-22-24-67-26-28-69-30-32-71-34-33-70-31-29-68-27-25-66-23-21-64-19-17-62-14-10-53-45(59)38-72-42-6-4-41(5-7-42)58(51)47(50)74-2/h4-9,35,37,50H,3,10-34,36,38,51H2,1-2H3,(H2,49,56)(H,53,59)(H2,54,55,61). The molecule has 3 rings (SSSR count). The highest BCUT2D eigenvalue weighted by Gasteiger charge is 2.22. The molecule has 1 aliphatic rings. The van der Waals surface area contributed by atoms with Crippen molar-refractivity contribution in [2.45, 2.75) is 19.8 Å². The van der Waals surface area contributed by atoms with E-state index < -0.39 is 0 Å². The number of anilines is 1. The average Bonchev–Trinajstić information content (AvgIpc) is 3.58. The molecule has 0 radical (unpaired) electrons. The van der Waals surface area contributed by atoms with E-state index in [2.05, 4.69) is 25.9 Å². The molecule has 25 nitrogen and oxygen atoms in total. The quantitative estimate of drug-likeness (QED) is 0.0181. The largest absolute Gasteiger partial charge is 0.484 e. The van der Waals surface area contributed by atoms with E-state index in [1.165, 1.54) is 21.8 Å². The predicted molar refractivity (Wildman–Crippen MR) is 279 cm³/mol. The van der Waals surface area contributed by atoms with E-state index in [4.69, 9.17) is 73.9 Å². The lowest BCUT2D eigenvalue weighted by Gasteiger charge is -2.22. The van der Waals surface area contributed by atoms with Gasteiger partial charge in [-0.2, -0.15) is 0 Å².